The highest BCUT2D eigenvalue weighted by Crippen LogP contribution is 2.29. The minimum atomic E-state index is -0.324. The maximum absolute atomic E-state index is 6.17. The third-order valence-electron chi connectivity index (χ3n) is 2.99. The van der Waals surface area contributed by atoms with Crippen LogP contribution in [0.5, 0.6) is 0 Å². The van der Waals surface area contributed by atoms with E-state index in [4.69, 9.17) is 32.7 Å². The largest absolute Gasteiger partial charge is 0.352 e. The average Bonchev–Trinajstić information content (AvgIpc) is 2.49. The number of halogens is 2. The summed E-state index contributed by atoms with van der Waals surface area (Å²) in [5, 5.41) is 1.36. The van der Waals surface area contributed by atoms with Crippen molar-refractivity contribution in [3.63, 3.8) is 0 Å². The van der Waals surface area contributed by atoms with Gasteiger partial charge >= 0.3 is 0 Å². The molecule has 0 saturated heterocycles. The zero-order valence-corrected chi connectivity index (χ0v) is 14.1. The molecule has 0 bridgehead atoms. The van der Waals surface area contributed by atoms with Gasteiger partial charge in [0.25, 0.3) is 0 Å². The van der Waals surface area contributed by atoms with Crippen LogP contribution in [0.1, 0.15) is 17.4 Å². The van der Waals surface area contributed by atoms with Crippen molar-refractivity contribution in [1.82, 2.24) is 0 Å². The zero-order chi connectivity index (χ0) is 15.2. The number of hydrogen-bond acceptors (Lipinski definition) is 3. The van der Waals surface area contributed by atoms with Gasteiger partial charge in [0.15, 0.2) is 6.29 Å². The number of thioether (sulfide) groups is 1. The van der Waals surface area contributed by atoms with E-state index in [1.807, 2.05) is 24.3 Å². The van der Waals surface area contributed by atoms with Gasteiger partial charge in [-0.2, -0.15) is 0 Å². The fraction of sp³-hybridized carbons (Fsp3) is 0.250. The van der Waals surface area contributed by atoms with E-state index >= 15 is 0 Å². The Morgan fingerprint density at radius 2 is 1.67 bits per heavy atom. The summed E-state index contributed by atoms with van der Waals surface area (Å²) in [6, 6.07) is 13.7. The van der Waals surface area contributed by atoms with Crippen molar-refractivity contribution in [2.75, 3.05) is 14.2 Å². The summed E-state index contributed by atoms with van der Waals surface area (Å²) in [5.74, 6) is 0.799. The van der Waals surface area contributed by atoms with Crippen molar-refractivity contribution in [3.8, 4) is 0 Å². The molecule has 2 aromatic rings. The standard InChI is InChI=1S/C16H16Cl2O2S/c1-19-16(20-2)11-4-7-14(8-5-11)21-10-12-3-6-13(17)9-15(12)18/h3-9,16H,10H2,1-2H3. The highest BCUT2D eigenvalue weighted by atomic mass is 35.5. The van der Waals surface area contributed by atoms with E-state index in [0.29, 0.717) is 10.0 Å². The minimum Gasteiger partial charge on any atom is -0.352 e. The van der Waals surface area contributed by atoms with Crippen molar-refractivity contribution in [1.29, 1.82) is 0 Å². The van der Waals surface area contributed by atoms with Crippen LogP contribution in [0.2, 0.25) is 10.0 Å². The average molecular weight is 343 g/mol. The smallest absolute Gasteiger partial charge is 0.183 e. The Morgan fingerprint density at radius 3 is 2.24 bits per heavy atom. The first-order chi connectivity index (χ1) is 10.1. The predicted molar refractivity (Wildman–Crippen MR) is 89.2 cm³/mol. The lowest BCUT2D eigenvalue weighted by molar-refractivity contribution is -0.106. The normalized spacial score (nSPS) is 11.1. The Labute approximate surface area is 139 Å². The molecule has 0 radical (unpaired) electrons. The van der Waals surface area contributed by atoms with Crippen LogP contribution in [0.3, 0.4) is 0 Å². The van der Waals surface area contributed by atoms with Crippen molar-refractivity contribution in [3.05, 3.63) is 63.6 Å². The van der Waals surface area contributed by atoms with Crippen LogP contribution >= 0.6 is 35.0 Å². The molecular formula is C16H16Cl2O2S. The third kappa shape index (κ3) is 4.63. The lowest BCUT2D eigenvalue weighted by Gasteiger charge is -2.13. The topological polar surface area (TPSA) is 18.5 Å². The molecular weight excluding hydrogens is 327 g/mol. The van der Waals surface area contributed by atoms with Gasteiger partial charge in [0.2, 0.25) is 0 Å². The van der Waals surface area contributed by atoms with Crippen LogP contribution in [0.15, 0.2) is 47.4 Å². The van der Waals surface area contributed by atoms with E-state index in [1.54, 1.807) is 32.0 Å². The van der Waals surface area contributed by atoms with Gasteiger partial charge in [0, 0.05) is 40.5 Å². The van der Waals surface area contributed by atoms with Crippen molar-refractivity contribution in [2.24, 2.45) is 0 Å². The highest BCUT2D eigenvalue weighted by Gasteiger charge is 2.08. The molecule has 5 heteroatoms. The lowest BCUT2D eigenvalue weighted by atomic mass is 10.2. The molecule has 0 aliphatic rings. The van der Waals surface area contributed by atoms with Crippen LogP contribution in [0.25, 0.3) is 0 Å². The van der Waals surface area contributed by atoms with Crippen molar-refractivity contribution in [2.45, 2.75) is 16.9 Å². The Balaban J connectivity index is 2.00. The quantitative estimate of drug-likeness (QED) is 0.504. The summed E-state index contributed by atoms with van der Waals surface area (Å²) < 4.78 is 10.4. The van der Waals surface area contributed by atoms with Gasteiger partial charge in [0.05, 0.1) is 0 Å². The van der Waals surface area contributed by atoms with Gasteiger partial charge < -0.3 is 9.47 Å². The summed E-state index contributed by atoms with van der Waals surface area (Å²) in [7, 11) is 3.25. The summed E-state index contributed by atoms with van der Waals surface area (Å²) in [6.07, 6.45) is -0.324. The maximum Gasteiger partial charge on any atom is 0.183 e. The Morgan fingerprint density at radius 1 is 1.00 bits per heavy atom. The van der Waals surface area contributed by atoms with E-state index in [1.165, 1.54) is 0 Å². The van der Waals surface area contributed by atoms with Crippen molar-refractivity contribution >= 4 is 35.0 Å². The van der Waals surface area contributed by atoms with E-state index in [0.717, 1.165) is 21.8 Å². The summed E-state index contributed by atoms with van der Waals surface area (Å²) in [4.78, 5) is 1.16. The summed E-state index contributed by atoms with van der Waals surface area (Å²) >= 11 is 13.8. The Hall–Kier alpha value is -0.710. The molecule has 2 nitrogen and oxygen atoms in total. The van der Waals surface area contributed by atoms with Crippen LogP contribution in [0, 0.1) is 0 Å². The number of methoxy groups -OCH3 is 2. The Bertz CT molecular complexity index is 583. The maximum atomic E-state index is 6.17. The fourth-order valence-corrected chi connectivity index (χ4v) is 3.35. The molecule has 0 N–H and O–H groups in total. The fourth-order valence-electron chi connectivity index (χ4n) is 1.89. The minimum absolute atomic E-state index is 0.324. The number of ether oxygens (including phenoxy) is 2. The molecule has 2 rings (SSSR count). The second kappa shape index (κ2) is 8.06. The summed E-state index contributed by atoms with van der Waals surface area (Å²) in [6.45, 7) is 0. The lowest BCUT2D eigenvalue weighted by Crippen LogP contribution is -2.02. The zero-order valence-electron chi connectivity index (χ0n) is 11.8. The summed E-state index contributed by atoms with van der Waals surface area (Å²) in [5.41, 5.74) is 2.07. The molecule has 0 unspecified atom stereocenters. The van der Waals surface area contributed by atoms with Gasteiger partial charge in [-0.1, -0.05) is 41.4 Å². The molecule has 0 saturated carbocycles. The van der Waals surface area contributed by atoms with Crippen LogP contribution < -0.4 is 0 Å². The van der Waals surface area contributed by atoms with Crippen LogP contribution in [0.4, 0.5) is 0 Å². The molecule has 0 atom stereocenters. The molecule has 21 heavy (non-hydrogen) atoms. The van der Waals surface area contributed by atoms with Gasteiger partial charge in [-0.05, 0) is 29.8 Å². The Kier molecular flexibility index (Phi) is 6.40. The van der Waals surface area contributed by atoms with Gasteiger partial charge in [-0.25, -0.2) is 0 Å². The van der Waals surface area contributed by atoms with Crippen LogP contribution in [-0.2, 0) is 15.2 Å². The van der Waals surface area contributed by atoms with E-state index in [-0.39, 0.29) is 6.29 Å². The number of benzene rings is 2. The highest BCUT2D eigenvalue weighted by molar-refractivity contribution is 7.98. The molecule has 0 aliphatic heterocycles. The van der Waals surface area contributed by atoms with E-state index in [2.05, 4.69) is 12.1 Å². The van der Waals surface area contributed by atoms with E-state index in [9.17, 15) is 0 Å². The molecule has 0 spiro atoms. The van der Waals surface area contributed by atoms with Crippen molar-refractivity contribution < 1.29 is 9.47 Å². The second-order valence-electron chi connectivity index (χ2n) is 4.40. The first kappa shape index (κ1) is 16.7. The van der Waals surface area contributed by atoms with Gasteiger partial charge in [-0.15, -0.1) is 11.8 Å². The molecule has 112 valence electrons. The molecule has 0 fully saturated rings. The van der Waals surface area contributed by atoms with Crippen LogP contribution in [-0.4, -0.2) is 14.2 Å². The molecule has 0 aromatic heterocycles. The third-order valence-corrected chi connectivity index (χ3v) is 4.64. The molecule has 2 aromatic carbocycles. The monoisotopic (exact) mass is 342 g/mol. The second-order valence-corrected chi connectivity index (χ2v) is 6.29. The van der Waals surface area contributed by atoms with Gasteiger partial charge in [0.1, 0.15) is 0 Å². The number of rotatable bonds is 6. The first-order valence-electron chi connectivity index (χ1n) is 6.36. The predicted octanol–water partition coefficient (Wildman–Crippen LogP) is 5.58. The molecule has 0 heterocycles. The number of hydrogen-bond donors (Lipinski definition) is 0. The first-order valence-corrected chi connectivity index (χ1v) is 8.10. The SMILES string of the molecule is COC(OC)c1ccc(SCc2ccc(Cl)cc2Cl)cc1. The van der Waals surface area contributed by atoms with E-state index < -0.39 is 0 Å². The molecule has 0 aliphatic carbocycles. The van der Waals surface area contributed by atoms with Gasteiger partial charge in [-0.3, -0.25) is 0 Å². The molecule has 0 amide bonds.